The van der Waals surface area contributed by atoms with Gasteiger partial charge in [-0.25, -0.2) is 18.1 Å². The van der Waals surface area contributed by atoms with E-state index >= 15 is 0 Å². The molecule has 0 aliphatic heterocycles. The predicted molar refractivity (Wildman–Crippen MR) is 71.8 cm³/mol. The number of aryl methyl sites for hydroxylation is 1. The van der Waals surface area contributed by atoms with Crippen molar-refractivity contribution in [3.05, 3.63) is 18.2 Å². The number of hydrogen-bond donors (Lipinski definition) is 2. The Bertz CT molecular complexity index is 524. The molecule has 0 bridgehead atoms. The number of amides is 1. The molecule has 8 heteroatoms. The SMILES string of the molecule is CCC[C@@H](NC(=O)CNS(C)(=O)=O)c1nccn1C. The lowest BCUT2D eigenvalue weighted by Gasteiger charge is -2.18. The number of rotatable bonds is 7. The van der Waals surface area contributed by atoms with Crippen molar-refractivity contribution in [1.29, 1.82) is 0 Å². The fourth-order valence-electron chi connectivity index (χ4n) is 1.71. The van der Waals surface area contributed by atoms with E-state index in [2.05, 4.69) is 15.0 Å². The monoisotopic (exact) mass is 288 g/mol. The highest BCUT2D eigenvalue weighted by atomic mass is 32.2. The summed E-state index contributed by atoms with van der Waals surface area (Å²) in [6, 6.07) is -0.209. The Morgan fingerprint density at radius 2 is 2.21 bits per heavy atom. The number of nitrogens with zero attached hydrogens (tertiary/aromatic N) is 2. The van der Waals surface area contributed by atoms with Gasteiger partial charge < -0.3 is 9.88 Å². The summed E-state index contributed by atoms with van der Waals surface area (Å²) in [6.07, 6.45) is 6.12. The lowest BCUT2D eigenvalue weighted by molar-refractivity contribution is -0.120. The normalized spacial score (nSPS) is 13.2. The largest absolute Gasteiger partial charge is 0.345 e. The van der Waals surface area contributed by atoms with Gasteiger partial charge in [-0.2, -0.15) is 0 Å². The van der Waals surface area contributed by atoms with E-state index < -0.39 is 10.0 Å². The second-order valence-electron chi connectivity index (χ2n) is 4.40. The second kappa shape index (κ2) is 6.67. The highest BCUT2D eigenvalue weighted by Gasteiger charge is 2.18. The summed E-state index contributed by atoms with van der Waals surface area (Å²) in [7, 11) is -1.51. The van der Waals surface area contributed by atoms with Crippen LogP contribution >= 0.6 is 0 Å². The molecule has 7 nitrogen and oxygen atoms in total. The zero-order valence-corrected chi connectivity index (χ0v) is 12.2. The van der Waals surface area contributed by atoms with Crippen molar-refractivity contribution in [2.75, 3.05) is 12.8 Å². The van der Waals surface area contributed by atoms with Crippen LogP contribution in [0.5, 0.6) is 0 Å². The van der Waals surface area contributed by atoms with Crippen molar-refractivity contribution in [3.8, 4) is 0 Å². The van der Waals surface area contributed by atoms with Crippen molar-refractivity contribution < 1.29 is 13.2 Å². The molecule has 1 aromatic heterocycles. The van der Waals surface area contributed by atoms with Crippen LogP contribution in [0.2, 0.25) is 0 Å². The van der Waals surface area contributed by atoms with Gasteiger partial charge in [0.2, 0.25) is 15.9 Å². The molecule has 0 saturated heterocycles. The molecule has 1 rings (SSSR count). The standard InChI is InChI=1S/C11H20N4O3S/c1-4-5-9(11-12-6-7-15(11)2)14-10(16)8-13-19(3,17)18/h6-7,9,13H,4-5,8H2,1-3H3,(H,14,16)/t9-/m1/s1. The topological polar surface area (TPSA) is 93.1 Å². The third-order valence-electron chi connectivity index (χ3n) is 2.58. The van der Waals surface area contributed by atoms with Gasteiger partial charge in [0.25, 0.3) is 0 Å². The first kappa shape index (κ1) is 15.6. The van der Waals surface area contributed by atoms with Gasteiger partial charge in [0, 0.05) is 19.4 Å². The van der Waals surface area contributed by atoms with Gasteiger partial charge in [-0.15, -0.1) is 0 Å². The number of sulfonamides is 1. The van der Waals surface area contributed by atoms with Crippen molar-refractivity contribution in [1.82, 2.24) is 19.6 Å². The number of hydrogen-bond acceptors (Lipinski definition) is 4. The van der Waals surface area contributed by atoms with Crippen molar-refractivity contribution in [2.45, 2.75) is 25.8 Å². The third-order valence-corrected chi connectivity index (χ3v) is 3.25. The minimum Gasteiger partial charge on any atom is -0.345 e. The number of imidazole rings is 1. The first-order valence-corrected chi connectivity index (χ1v) is 7.94. The number of nitrogens with one attached hydrogen (secondary N) is 2. The first-order chi connectivity index (χ1) is 8.83. The van der Waals surface area contributed by atoms with E-state index in [0.29, 0.717) is 0 Å². The van der Waals surface area contributed by atoms with E-state index in [0.717, 1.165) is 24.9 Å². The van der Waals surface area contributed by atoms with Crippen LogP contribution in [0.4, 0.5) is 0 Å². The molecule has 0 radical (unpaired) electrons. The van der Waals surface area contributed by atoms with Gasteiger partial charge >= 0.3 is 0 Å². The number of carbonyl (C=O) groups is 1. The average Bonchev–Trinajstić information content (AvgIpc) is 2.71. The van der Waals surface area contributed by atoms with Gasteiger partial charge in [0.05, 0.1) is 18.8 Å². The molecule has 0 spiro atoms. The van der Waals surface area contributed by atoms with E-state index in [9.17, 15) is 13.2 Å². The summed E-state index contributed by atoms with van der Waals surface area (Å²) in [5, 5.41) is 2.78. The molecule has 0 fully saturated rings. The predicted octanol–water partition coefficient (Wildman–Crippen LogP) is -0.0733. The van der Waals surface area contributed by atoms with Crippen LogP contribution in [0, 0.1) is 0 Å². The molecule has 2 N–H and O–H groups in total. The molecular formula is C11H20N4O3S. The summed E-state index contributed by atoms with van der Waals surface area (Å²) in [5.41, 5.74) is 0. The average molecular weight is 288 g/mol. The first-order valence-electron chi connectivity index (χ1n) is 6.04. The Morgan fingerprint density at radius 1 is 1.53 bits per heavy atom. The zero-order valence-electron chi connectivity index (χ0n) is 11.4. The minimum absolute atomic E-state index is 0.209. The van der Waals surface area contributed by atoms with Gasteiger partial charge in [-0.1, -0.05) is 13.3 Å². The fraction of sp³-hybridized carbons (Fsp3) is 0.636. The Labute approximate surface area is 113 Å². The Kier molecular flexibility index (Phi) is 5.49. The van der Waals surface area contributed by atoms with E-state index in [1.54, 1.807) is 12.4 Å². The maximum Gasteiger partial charge on any atom is 0.235 e. The van der Waals surface area contributed by atoms with Gasteiger partial charge in [-0.3, -0.25) is 4.79 Å². The molecule has 1 atom stereocenters. The Balaban J connectivity index is 2.64. The number of carbonyl (C=O) groups excluding carboxylic acids is 1. The molecule has 1 heterocycles. The molecule has 19 heavy (non-hydrogen) atoms. The van der Waals surface area contributed by atoms with Crippen LogP contribution in [0.1, 0.15) is 31.6 Å². The molecule has 0 aromatic carbocycles. The van der Waals surface area contributed by atoms with E-state index in [4.69, 9.17) is 0 Å². The second-order valence-corrected chi connectivity index (χ2v) is 6.23. The zero-order chi connectivity index (χ0) is 14.5. The highest BCUT2D eigenvalue weighted by molar-refractivity contribution is 7.88. The lowest BCUT2D eigenvalue weighted by atomic mass is 10.1. The van der Waals surface area contributed by atoms with Crippen LogP contribution in [-0.4, -0.2) is 36.7 Å². The van der Waals surface area contributed by atoms with E-state index in [-0.39, 0.29) is 18.5 Å². The summed E-state index contributed by atoms with van der Waals surface area (Å²) < 4.78 is 25.8. The van der Waals surface area contributed by atoms with Crippen molar-refractivity contribution in [3.63, 3.8) is 0 Å². The lowest BCUT2D eigenvalue weighted by Crippen LogP contribution is -2.38. The van der Waals surface area contributed by atoms with Gasteiger partial charge in [0.1, 0.15) is 5.82 Å². The molecule has 0 aliphatic carbocycles. The number of aromatic nitrogens is 2. The highest BCUT2D eigenvalue weighted by Crippen LogP contribution is 2.15. The molecular weight excluding hydrogens is 268 g/mol. The fourth-order valence-corrected chi connectivity index (χ4v) is 2.10. The molecule has 1 amide bonds. The molecule has 0 aliphatic rings. The van der Waals surface area contributed by atoms with Crippen LogP contribution in [-0.2, 0) is 21.9 Å². The maximum atomic E-state index is 11.7. The van der Waals surface area contributed by atoms with E-state index in [1.165, 1.54) is 0 Å². The van der Waals surface area contributed by atoms with Crippen molar-refractivity contribution in [2.24, 2.45) is 7.05 Å². The molecule has 1 aromatic rings. The Morgan fingerprint density at radius 3 is 2.68 bits per heavy atom. The Hall–Kier alpha value is -1.41. The van der Waals surface area contributed by atoms with Gasteiger partial charge in [-0.05, 0) is 6.42 Å². The summed E-state index contributed by atoms with van der Waals surface area (Å²) in [5.74, 6) is 0.390. The smallest absolute Gasteiger partial charge is 0.235 e. The van der Waals surface area contributed by atoms with Crippen LogP contribution in [0.25, 0.3) is 0 Å². The summed E-state index contributed by atoms with van der Waals surface area (Å²) in [4.78, 5) is 15.9. The third kappa shape index (κ3) is 5.39. The van der Waals surface area contributed by atoms with E-state index in [1.807, 2.05) is 18.5 Å². The molecule has 108 valence electrons. The van der Waals surface area contributed by atoms with Crippen LogP contribution in [0.3, 0.4) is 0 Å². The van der Waals surface area contributed by atoms with Crippen molar-refractivity contribution >= 4 is 15.9 Å². The van der Waals surface area contributed by atoms with Crippen LogP contribution < -0.4 is 10.0 Å². The summed E-state index contributed by atoms with van der Waals surface area (Å²) >= 11 is 0. The van der Waals surface area contributed by atoms with Gasteiger partial charge in [0.15, 0.2) is 0 Å². The molecule has 0 saturated carbocycles. The minimum atomic E-state index is -3.36. The van der Waals surface area contributed by atoms with Crippen LogP contribution in [0.15, 0.2) is 12.4 Å². The molecule has 0 unspecified atom stereocenters. The summed E-state index contributed by atoms with van der Waals surface area (Å²) in [6.45, 7) is 1.75. The maximum absolute atomic E-state index is 11.7. The quantitative estimate of drug-likeness (QED) is 0.734.